The van der Waals surface area contributed by atoms with Crippen molar-refractivity contribution >= 4 is 28.7 Å². The molecular formula is C18H21N5O5. The third kappa shape index (κ3) is 3.09. The van der Waals surface area contributed by atoms with Gasteiger partial charge in [0.15, 0.2) is 5.69 Å². The van der Waals surface area contributed by atoms with E-state index in [1.807, 2.05) is 0 Å². The number of esters is 1. The third-order valence-corrected chi connectivity index (χ3v) is 5.95. The molecule has 3 heterocycles. The predicted molar refractivity (Wildman–Crippen MR) is 98.8 cm³/mol. The van der Waals surface area contributed by atoms with E-state index < -0.39 is 17.0 Å². The van der Waals surface area contributed by atoms with Gasteiger partial charge in [-0.1, -0.05) is 6.42 Å². The molecule has 2 saturated heterocycles. The molecule has 0 aliphatic carbocycles. The average molecular weight is 387 g/mol. The van der Waals surface area contributed by atoms with Gasteiger partial charge in [0.25, 0.3) is 5.69 Å². The zero-order valence-electron chi connectivity index (χ0n) is 15.4. The van der Waals surface area contributed by atoms with E-state index in [1.54, 1.807) is 10.7 Å². The first-order valence-electron chi connectivity index (χ1n) is 9.25. The Bertz CT molecular complexity index is 957. The number of carbonyl (C=O) groups excluding carboxylic acids is 2. The van der Waals surface area contributed by atoms with Crippen molar-refractivity contribution in [1.82, 2.24) is 14.7 Å². The lowest BCUT2D eigenvalue weighted by Crippen LogP contribution is -2.50. The minimum atomic E-state index is -1.24. The van der Waals surface area contributed by atoms with Crippen molar-refractivity contribution < 1.29 is 19.2 Å². The first-order valence-corrected chi connectivity index (χ1v) is 9.25. The van der Waals surface area contributed by atoms with Crippen LogP contribution in [0.25, 0.3) is 10.9 Å². The van der Waals surface area contributed by atoms with E-state index in [2.05, 4.69) is 21.8 Å². The topological polar surface area (TPSA) is 134 Å². The summed E-state index contributed by atoms with van der Waals surface area (Å²) in [5.74, 6) is -1.01. The first kappa shape index (κ1) is 18.4. The van der Waals surface area contributed by atoms with Crippen molar-refractivity contribution in [2.24, 2.45) is 5.73 Å². The number of fused-ring (bicyclic) bond motifs is 3. The van der Waals surface area contributed by atoms with E-state index in [0.29, 0.717) is 17.6 Å². The van der Waals surface area contributed by atoms with E-state index in [4.69, 9.17) is 5.73 Å². The number of nitro groups is 1. The van der Waals surface area contributed by atoms with Crippen LogP contribution >= 0.6 is 0 Å². The number of ether oxygens (including phenoxy) is 1. The van der Waals surface area contributed by atoms with Crippen molar-refractivity contribution in [2.45, 2.75) is 50.2 Å². The molecule has 4 rings (SSSR count). The highest BCUT2D eigenvalue weighted by molar-refractivity contribution is 6.05. The molecule has 2 aliphatic rings. The summed E-state index contributed by atoms with van der Waals surface area (Å²) in [5, 5.41) is 15.9. The Labute approximate surface area is 160 Å². The Balaban J connectivity index is 1.79. The lowest BCUT2D eigenvalue weighted by molar-refractivity contribution is -0.384. The summed E-state index contributed by atoms with van der Waals surface area (Å²) in [4.78, 5) is 36.4. The minimum Gasteiger partial charge on any atom is -0.371 e. The fourth-order valence-corrected chi connectivity index (χ4v) is 4.60. The number of nitrogens with two attached hydrogens (primary N) is 1. The number of hydrogen-bond acceptors (Lipinski definition) is 7. The number of aromatic nitrogens is 2. The molecule has 0 spiro atoms. The molecule has 2 N–H and O–H groups in total. The van der Waals surface area contributed by atoms with Crippen molar-refractivity contribution in [3.8, 4) is 0 Å². The maximum atomic E-state index is 12.3. The van der Waals surface area contributed by atoms with Crippen LogP contribution in [-0.4, -0.2) is 50.8 Å². The van der Waals surface area contributed by atoms with Gasteiger partial charge in [-0.25, -0.2) is 9.59 Å². The molecule has 2 aliphatic heterocycles. The lowest BCUT2D eigenvalue weighted by Gasteiger charge is -2.47. The second-order valence-corrected chi connectivity index (χ2v) is 7.49. The molecule has 2 atom stereocenters. The highest BCUT2D eigenvalue weighted by Gasteiger charge is 2.38. The number of piperidine rings is 2. The van der Waals surface area contributed by atoms with Gasteiger partial charge in [0.2, 0.25) is 0 Å². The van der Waals surface area contributed by atoms with Crippen LogP contribution in [0.3, 0.4) is 0 Å². The molecule has 148 valence electrons. The maximum absolute atomic E-state index is 12.3. The van der Waals surface area contributed by atoms with Crippen LogP contribution in [0.15, 0.2) is 18.2 Å². The molecule has 2 unspecified atom stereocenters. The zero-order valence-corrected chi connectivity index (χ0v) is 15.4. The first-order chi connectivity index (χ1) is 13.3. The van der Waals surface area contributed by atoms with Crippen LogP contribution in [0.5, 0.6) is 0 Å². The Morgan fingerprint density at radius 2 is 1.93 bits per heavy atom. The Kier molecular flexibility index (Phi) is 4.50. The van der Waals surface area contributed by atoms with Crippen molar-refractivity contribution in [3.05, 3.63) is 34.0 Å². The predicted octanol–water partition coefficient (Wildman–Crippen LogP) is 2.37. The molecular weight excluding hydrogens is 366 g/mol. The summed E-state index contributed by atoms with van der Waals surface area (Å²) in [7, 11) is 2.14. The van der Waals surface area contributed by atoms with Crippen LogP contribution in [0, 0.1) is 10.1 Å². The largest absolute Gasteiger partial charge is 0.412 e. The minimum absolute atomic E-state index is 0.0607. The number of primary amides is 1. The Morgan fingerprint density at radius 3 is 2.54 bits per heavy atom. The summed E-state index contributed by atoms with van der Waals surface area (Å²) in [5.41, 5.74) is 5.25. The van der Waals surface area contributed by atoms with Gasteiger partial charge in [0, 0.05) is 29.6 Å². The highest BCUT2D eigenvalue weighted by atomic mass is 16.6. The third-order valence-electron chi connectivity index (χ3n) is 5.95. The van der Waals surface area contributed by atoms with E-state index in [-0.39, 0.29) is 22.8 Å². The molecule has 1 aromatic heterocycles. The standard InChI is InChI=1S/C18H21N5O5/c1-21-10-3-2-4-11(21)8-13(7-10)22-15-6-5-12(23(26)27)9-14(15)16(20-22)17(24)28-18(19)25/h5-6,9-11,13H,2-4,7-8H2,1H3,(H2,19,25). The van der Waals surface area contributed by atoms with Crippen LogP contribution < -0.4 is 5.73 Å². The lowest BCUT2D eigenvalue weighted by atomic mass is 9.82. The van der Waals surface area contributed by atoms with Crippen LogP contribution in [0.4, 0.5) is 10.5 Å². The molecule has 1 aromatic carbocycles. The van der Waals surface area contributed by atoms with Gasteiger partial charge in [-0.2, -0.15) is 5.10 Å². The molecule has 2 bridgehead atoms. The second-order valence-electron chi connectivity index (χ2n) is 7.49. The molecule has 0 saturated carbocycles. The number of hydrogen-bond donors (Lipinski definition) is 1. The average Bonchev–Trinajstić information content (AvgIpc) is 3.00. The number of benzene rings is 1. The number of nitro benzene ring substituents is 1. The van der Waals surface area contributed by atoms with Gasteiger partial charge in [-0.15, -0.1) is 0 Å². The van der Waals surface area contributed by atoms with Gasteiger partial charge >= 0.3 is 12.1 Å². The highest BCUT2D eigenvalue weighted by Crippen LogP contribution is 2.39. The summed E-state index contributed by atoms with van der Waals surface area (Å²) in [6.45, 7) is 0. The summed E-state index contributed by atoms with van der Waals surface area (Å²) >= 11 is 0. The molecule has 2 aromatic rings. The van der Waals surface area contributed by atoms with Gasteiger partial charge < -0.3 is 15.4 Å². The van der Waals surface area contributed by atoms with Gasteiger partial charge in [0.1, 0.15) is 0 Å². The monoisotopic (exact) mass is 387 g/mol. The molecule has 2 fully saturated rings. The van der Waals surface area contributed by atoms with Crippen LogP contribution in [0.1, 0.15) is 48.6 Å². The van der Waals surface area contributed by atoms with Gasteiger partial charge in [0.05, 0.1) is 16.5 Å². The molecule has 28 heavy (non-hydrogen) atoms. The van der Waals surface area contributed by atoms with E-state index >= 15 is 0 Å². The molecule has 1 amide bonds. The smallest absolute Gasteiger partial charge is 0.371 e. The number of rotatable bonds is 3. The summed E-state index contributed by atoms with van der Waals surface area (Å²) in [6, 6.07) is 5.21. The number of non-ortho nitro benzene ring substituents is 1. The number of nitrogens with zero attached hydrogens (tertiary/aromatic N) is 4. The SMILES string of the molecule is CN1C2CCCC1CC(n1nc(C(=O)OC(N)=O)c3cc([N+](=O)[O-])ccc31)C2. The van der Waals surface area contributed by atoms with Gasteiger partial charge in [-0.05, 0) is 38.8 Å². The molecule has 10 nitrogen and oxygen atoms in total. The van der Waals surface area contributed by atoms with Crippen molar-refractivity contribution in [1.29, 1.82) is 0 Å². The van der Waals surface area contributed by atoms with E-state index in [9.17, 15) is 19.7 Å². The van der Waals surface area contributed by atoms with Crippen LogP contribution in [-0.2, 0) is 4.74 Å². The molecule has 0 radical (unpaired) electrons. The number of amides is 1. The van der Waals surface area contributed by atoms with Crippen LogP contribution in [0.2, 0.25) is 0 Å². The van der Waals surface area contributed by atoms with Crippen molar-refractivity contribution in [2.75, 3.05) is 7.05 Å². The second kappa shape index (κ2) is 6.86. The number of carbonyl (C=O) groups is 2. The summed E-state index contributed by atoms with van der Waals surface area (Å²) in [6.07, 6.45) is 3.95. The van der Waals surface area contributed by atoms with Crippen molar-refractivity contribution in [3.63, 3.8) is 0 Å². The van der Waals surface area contributed by atoms with E-state index in [1.165, 1.54) is 18.6 Å². The van der Waals surface area contributed by atoms with Gasteiger partial charge in [-0.3, -0.25) is 14.8 Å². The fourth-order valence-electron chi connectivity index (χ4n) is 4.60. The normalized spacial score (nSPS) is 24.8. The Hall–Kier alpha value is -3.01. The Morgan fingerprint density at radius 1 is 1.25 bits per heavy atom. The zero-order chi connectivity index (χ0) is 20.0. The quantitative estimate of drug-likeness (QED) is 0.370. The summed E-state index contributed by atoms with van der Waals surface area (Å²) < 4.78 is 6.24. The maximum Gasteiger partial charge on any atom is 0.412 e. The fraction of sp³-hybridized carbons (Fsp3) is 0.500. The molecule has 10 heteroatoms. The van der Waals surface area contributed by atoms with E-state index in [0.717, 1.165) is 25.7 Å².